The van der Waals surface area contributed by atoms with Crippen LogP contribution in [0.1, 0.15) is 49.4 Å². The molecular formula is C29H34BN5O5. The standard InChI is InChI=1S/C29H34BN5O5/c1-28(2)22-15-20(9-10-23(22)30(37-3)40-28)32-27-31-16-21(26-35-29(18-39-26)11-13-38-14-12-29)25(34-27)33-24(17-36)19-7-5-4-6-8-19/h4-10,15-16,24,36H,11-14,17-18H2,1-3H3,(H2,31,32,33,34)/t24-/m1/s1. The fourth-order valence-corrected chi connectivity index (χ4v) is 5.48. The van der Waals surface area contributed by atoms with E-state index in [4.69, 9.17) is 28.8 Å². The highest BCUT2D eigenvalue weighted by Crippen LogP contribution is 2.35. The molecule has 0 bridgehead atoms. The summed E-state index contributed by atoms with van der Waals surface area (Å²) < 4.78 is 23.2. The van der Waals surface area contributed by atoms with Crippen molar-refractivity contribution < 1.29 is 23.9 Å². The van der Waals surface area contributed by atoms with Gasteiger partial charge in [-0.05, 0) is 55.4 Å². The molecule has 4 heterocycles. The summed E-state index contributed by atoms with van der Waals surface area (Å²) in [5.74, 6) is 1.42. The third kappa shape index (κ3) is 5.17. The molecule has 3 aliphatic rings. The van der Waals surface area contributed by atoms with Crippen LogP contribution in [0, 0.1) is 0 Å². The van der Waals surface area contributed by atoms with Crippen molar-refractivity contribution in [2.45, 2.75) is 43.9 Å². The monoisotopic (exact) mass is 543 g/mol. The van der Waals surface area contributed by atoms with E-state index in [1.807, 2.05) is 62.4 Å². The first-order valence-electron chi connectivity index (χ1n) is 13.6. The van der Waals surface area contributed by atoms with Crippen LogP contribution in [0.5, 0.6) is 0 Å². The van der Waals surface area contributed by atoms with E-state index in [-0.39, 0.29) is 18.2 Å². The second-order valence-corrected chi connectivity index (χ2v) is 10.9. The second kappa shape index (κ2) is 10.8. The first kappa shape index (κ1) is 26.7. The molecule has 1 aromatic heterocycles. The number of nitrogens with zero attached hydrogens (tertiary/aromatic N) is 3. The predicted octanol–water partition coefficient (Wildman–Crippen LogP) is 3.30. The van der Waals surface area contributed by atoms with Gasteiger partial charge in [0.25, 0.3) is 0 Å². The van der Waals surface area contributed by atoms with E-state index in [2.05, 4.69) is 15.6 Å². The van der Waals surface area contributed by atoms with Crippen LogP contribution in [0.25, 0.3) is 0 Å². The number of ether oxygens (including phenoxy) is 2. The van der Waals surface area contributed by atoms with Crippen LogP contribution in [0.15, 0.2) is 59.7 Å². The first-order valence-corrected chi connectivity index (χ1v) is 13.6. The second-order valence-electron chi connectivity index (χ2n) is 10.9. The Kier molecular flexibility index (Phi) is 7.22. The Morgan fingerprint density at radius 3 is 2.67 bits per heavy atom. The van der Waals surface area contributed by atoms with Crippen LogP contribution in [0.3, 0.4) is 0 Å². The molecule has 3 N–H and O–H groups in total. The summed E-state index contributed by atoms with van der Waals surface area (Å²) in [5, 5.41) is 17.0. The lowest BCUT2D eigenvalue weighted by atomic mass is 9.77. The number of aliphatic hydroxyl groups is 1. The number of aromatic nitrogens is 2. The van der Waals surface area contributed by atoms with E-state index < -0.39 is 12.7 Å². The molecule has 1 saturated heterocycles. The van der Waals surface area contributed by atoms with E-state index in [1.165, 1.54) is 0 Å². The van der Waals surface area contributed by atoms with Crippen molar-refractivity contribution in [2.75, 3.05) is 44.2 Å². The molecule has 3 aromatic rings. The molecule has 0 radical (unpaired) electrons. The van der Waals surface area contributed by atoms with Gasteiger partial charge in [0.2, 0.25) is 11.8 Å². The van der Waals surface area contributed by atoms with Gasteiger partial charge in [-0.15, -0.1) is 0 Å². The van der Waals surface area contributed by atoms with Gasteiger partial charge in [-0.2, -0.15) is 4.98 Å². The van der Waals surface area contributed by atoms with Crippen LogP contribution < -0.4 is 16.1 Å². The molecule has 2 aromatic carbocycles. The highest BCUT2D eigenvalue weighted by atomic mass is 16.6. The van der Waals surface area contributed by atoms with Gasteiger partial charge in [-0.3, -0.25) is 0 Å². The van der Waals surface area contributed by atoms with Crippen LogP contribution in [-0.2, 0) is 24.4 Å². The zero-order chi connectivity index (χ0) is 27.7. The highest BCUT2D eigenvalue weighted by Gasteiger charge is 2.42. The van der Waals surface area contributed by atoms with Gasteiger partial charge >= 0.3 is 7.12 Å². The third-order valence-electron chi connectivity index (χ3n) is 7.78. The average Bonchev–Trinajstić information content (AvgIpc) is 3.49. The van der Waals surface area contributed by atoms with Crippen LogP contribution in [0.2, 0.25) is 0 Å². The number of benzene rings is 2. The molecule has 1 atom stereocenters. The van der Waals surface area contributed by atoms with Gasteiger partial charge in [-0.1, -0.05) is 36.4 Å². The van der Waals surface area contributed by atoms with Gasteiger partial charge < -0.3 is 34.5 Å². The largest absolute Gasteiger partial charge is 0.494 e. The molecule has 3 aliphatic heterocycles. The lowest BCUT2D eigenvalue weighted by Crippen LogP contribution is -2.35. The Balaban J connectivity index is 1.33. The number of rotatable bonds is 8. The predicted molar refractivity (Wildman–Crippen MR) is 153 cm³/mol. The minimum absolute atomic E-state index is 0.120. The number of aliphatic imine (C=N–C) groups is 1. The van der Waals surface area contributed by atoms with E-state index in [0.29, 0.717) is 43.0 Å². The molecule has 11 heteroatoms. The Hall–Kier alpha value is -3.51. The molecule has 40 heavy (non-hydrogen) atoms. The first-order chi connectivity index (χ1) is 19.4. The summed E-state index contributed by atoms with van der Waals surface area (Å²) in [7, 11) is 1.24. The van der Waals surface area contributed by atoms with E-state index in [1.54, 1.807) is 13.3 Å². The van der Waals surface area contributed by atoms with Gasteiger partial charge in [0, 0.05) is 32.2 Å². The summed E-state index contributed by atoms with van der Waals surface area (Å²) in [4.78, 5) is 14.4. The molecule has 0 unspecified atom stereocenters. The summed E-state index contributed by atoms with van der Waals surface area (Å²) >= 11 is 0. The fraction of sp³-hybridized carbons (Fsp3) is 0.414. The van der Waals surface area contributed by atoms with Crippen molar-refractivity contribution >= 4 is 35.9 Å². The van der Waals surface area contributed by atoms with Crippen LogP contribution in [0.4, 0.5) is 17.5 Å². The molecule has 1 spiro atoms. The minimum atomic E-state index is -0.493. The summed E-state index contributed by atoms with van der Waals surface area (Å²) in [5.41, 5.74) is 3.68. The number of anilines is 3. The molecular weight excluding hydrogens is 509 g/mol. The van der Waals surface area contributed by atoms with Crippen LogP contribution >= 0.6 is 0 Å². The number of fused-ring (bicyclic) bond motifs is 1. The zero-order valence-electron chi connectivity index (χ0n) is 23.0. The summed E-state index contributed by atoms with van der Waals surface area (Å²) in [6.45, 7) is 5.76. The average molecular weight is 543 g/mol. The van der Waals surface area contributed by atoms with Crippen molar-refractivity contribution in [3.8, 4) is 0 Å². The molecule has 208 valence electrons. The Morgan fingerprint density at radius 1 is 1.12 bits per heavy atom. The van der Waals surface area contributed by atoms with E-state index >= 15 is 0 Å². The number of aliphatic hydroxyl groups excluding tert-OH is 1. The van der Waals surface area contributed by atoms with E-state index in [0.717, 1.165) is 35.1 Å². The topological polar surface area (TPSA) is 119 Å². The number of hydrogen-bond acceptors (Lipinski definition) is 10. The number of hydrogen-bond donors (Lipinski definition) is 3. The zero-order valence-corrected chi connectivity index (χ0v) is 23.0. The Bertz CT molecular complexity index is 1400. The SMILES string of the molecule is COB1OC(C)(C)c2cc(Nc3ncc(C4=NC5(CCOCC5)CO4)c(N[C@H](CO)c4ccccc4)n3)ccc21. The Morgan fingerprint density at radius 2 is 1.93 bits per heavy atom. The maximum absolute atomic E-state index is 10.3. The van der Waals surface area contributed by atoms with Gasteiger partial charge in [-0.25, -0.2) is 9.98 Å². The van der Waals surface area contributed by atoms with Gasteiger partial charge in [0.15, 0.2) is 0 Å². The summed E-state index contributed by atoms with van der Waals surface area (Å²) in [6.07, 6.45) is 3.34. The van der Waals surface area contributed by atoms with Gasteiger partial charge in [0.05, 0.1) is 23.8 Å². The molecule has 10 nitrogen and oxygen atoms in total. The highest BCUT2D eigenvalue weighted by molar-refractivity contribution is 6.63. The molecule has 0 aliphatic carbocycles. The lowest BCUT2D eigenvalue weighted by Gasteiger charge is -2.28. The van der Waals surface area contributed by atoms with Crippen molar-refractivity contribution in [1.29, 1.82) is 0 Å². The molecule has 0 amide bonds. The summed E-state index contributed by atoms with van der Waals surface area (Å²) in [6, 6.07) is 15.4. The minimum Gasteiger partial charge on any atom is -0.475 e. The molecule has 0 saturated carbocycles. The third-order valence-corrected chi connectivity index (χ3v) is 7.78. The quantitative estimate of drug-likeness (QED) is 0.368. The van der Waals surface area contributed by atoms with Gasteiger partial charge in [0.1, 0.15) is 18.0 Å². The molecule has 1 fully saturated rings. The fourth-order valence-electron chi connectivity index (χ4n) is 5.48. The molecule has 6 rings (SSSR count). The normalized spacial score (nSPS) is 19.6. The maximum Gasteiger partial charge on any atom is 0.494 e. The Labute approximate surface area is 234 Å². The number of nitrogens with one attached hydrogen (secondary N) is 2. The smallest absolute Gasteiger partial charge is 0.475 e. The van der Waals surface area contributed by atoms with Crippen LogP contribution in [-0.4, -0.2) is 67.2 Å². The lowest BCUT2D eigenvalue weighted by molar-refractivity contribution is 0.0442. The maximum atomic E-state index is 10.3. The van der Waals surface area contributed by atoms with Crippen molar-refractivity contribution in [1.82, 2.24) is 9.97 Å². The van der Waals surface area contributed by atoms with Crippen molar-refractivity contribution in [3.05, 3.63) is 71.4 Å². The van der Waals surface area contributed by atoms with Crippen molar-refractivity contribution in [2.24, 2.45) is 4.99 Å². The van der Waals surface area contributed by atoms with E-state index in [9.17, 15) is 5.11 Å². The van der Waals surface area contributed by atoms with Crippen molar-refractivity contribution in [3.63, 3.8) is 0 Å².